The van der Waals surface area contributed by atoms with Crippen molar-refractivity contribution in [2.24, 2.45) is 0 Å². The van der Waals surface area contributed by atoms with Crippen LogP contribution in [-0.2, 0) is 0 Å². The Morgan fingerprint density at radius 1 is 0.523 bits per heavy atom. The first-order valence-electron chi connectivity index (χ1n) is 14.6. The Morgan fingerprint density at radius 2 is 1.30 bits per heavy atom. The topological polar surface area (TPSA) is 56.2 Å². The van der Waals surface area contributed by atoms with Crippen molar-refractivity contribution in [1.82, 2.24) is 19.4 Å². The quantitative estimate of drug-likeness (QED) is 0.200. The number of fused-ring (bicyclic) bond motifs is 6. The fourth-order valence-electron chi connectivity index (χ4n) is 6.10. The second-order valence-corrected chi connectivity index (χ2v) is 10.9. The highest BCUT2D eigenvalue weighted by Gasteiger charge is 2.17. The normalized spacial score (nSPS) is 11.6. The first-order chi connectivity index (χ1) is 21.8. The number of pyridine rings is 2. The highest BCUT2D eigenvalue weighted by molar-refractivity contribution is 6.20. The van der Waals surface area contributed by atoms with Gasteiger partial charge in [0, 0.05) is 45.2 Å². The van der Waals surface area contributed by atoms with E-state index in [-0.39, 0.29) is 0 Å². The van der Waals surface area contributed by atoms with Gasteiger partial charge in [-0.1, -0.05) is 84.9 Å². The van der Waals surface area contributed by atoms with Gasteiger partial charge in [-0.05, 0) is 59.7 Å². The van der Waals surface area contributed by atoms with E-state index in [9.17, 15) is 0 Å². The van der Waals surface area contributed by atoms with Crippen LogP contribution in [0.1, 0.15) is 0 Å². The molecule has 0 aliphatic heterocycles. The molecule has 0 bridgehead atoms. The van der Waals surface area contributed by atoms with E-state index in [0.717, 1.165) is 77.6 Å². The van der Waals surface area contributed by atoms with E-state index >= 15 is 0 Å². The van der Waals surface area contributed by atoms with E-state index in [0.29, 0.717) is 5.89 Å². The van der Waals surface area contributed by atoms with E-state index in [2.05, 4.69) is 79.0 Å². The zero-order valence-electron chi connectivity index (χ0n) is 23.6. The number of nitrogens with zero attached hydrogens (tertiary/aromatic N) is 4. The molecule has 0 aliphatic rings. The molecule has 4 heterocycles. The van der Waals surface area contributed by atoms with Crippen molar-refractivity contribution in [3.63, 3.8) is 0 Å². The molecule has 0 N–H and O–H groups in total. The van der Waals surface area contributed by atoms with Crippen molar-refractivity contribution >= 4 is 38.4 Å². The number of hydrogen-bond acceptors (Lipinski definition) is 4. The second-order valence-electron chi connectivity index (χ2n) is 10.9. The Kier molecular flexibility index (Phi) is 5.43. The van der Waals surface area contributed by atoms with Crippen LogP contribution in [0.2, 0.25) is 0 Å². The standard InChI is InChI=1S/C39H24N4O/c1-2-9-27(10-3-1)39-42-38-34(44-39)21-20-31-36(38)30-13-4-5-14-32(30)41-37(31)26-18-16-25(17-19-26)28-11-8-12-29(23-28)33-24-43-22-7-6-15-35(43)40-33/h1-24H. The molecular formula is C39H24N4O. The minimum atomic E-state index is 0.616. The molecule has 0 fully saturated rings. The lowest BCUT2D eigenvalue weighted by Crippen LogP contribution is -1.91. The van der Waals surface area contributed by atoms with E-state index in [1.807, 2.05) is 71.3 Å². The summed E-state index contributed by atoms with van der Waals surface area (Å²) in [6.45, 7) is 0. The van der Waals surface area contributed by atoms with Crippen LogP contribution in [0.15, 0.2) is 150 Å². The number of para-hydroxylation sites is 1. The Labute approximate surface area is 252 Å². The SMILES string of the molecule is c1ccc(-c2nc3c(ccc4c(-c5ccc(-c6cccc(-c7cn8ccccc8n7)c6)cc5)nc5ccccc5c43)o2)cc1. The van der Waals surface area contributed by atoms with Crippen molar-refractivity contribution in [2.75, 3.05) is 0 Å². The molecule has 5 aromatic carbocycles. The number of benzene rings is 5. The zero-order valence-corrected chi connectivity index (χ0v) is 23.6. The van der Waals surface area contributed by atoms with Gasteiger partial charge in [0.15, 0.2) is 5.58 Å². The van der Waals surface area contributed by atoms with E-state index in [4.69, 9.17) is 19.4 Å². The van der Waals surface area contributed by atoms with Gasteiger partial charge < -0.3 is 8.82 Å². The van der Waals surface area contributed by atoms with Gasteiger partial charge in [0.2, 0.25) is 5.89 Å². The van der Waals surface area contributed by atoms with Crippen molar-refractivity contribution in [1.29, 1.82) is 0 Å². The molecule has 4 aromatic heterocycles. The van der Waals surface area contributed by atoms with E-state index in [1.54, 1.807) is 0 Å². The molecule has 0 spiro atoms. The van der Waals surface area contributed by atoms with Gasteiger partial charge in [-0.2, -0.15) is 0 Å². The molecule has 9 aromatic rings. The summed E-state index contributed by atoms with van der Waals surface area (Å²) in [4.78, 5) is 15.0. The summed E-state index contributed by atoms with van der Waals surface area (Å²) in [5.74, 6) is 0.616. The summed E-state index contributed by atoms with van der Waals surface area (Å²) in [5, 5.41) is 3.16. The Hall–Kier alpha value is -6.07. The number of hydrogen-bond donors (Lipinski definition) is 0. The van der Waals surface area contributed by atoms with Gasteiger partial charge in [-0.3, -0.25) is 0 Å². The largest absolute Gasteiger partial charge is 0.436 e. The summed E-state index contributed by atoms with van der Waals surface area (Å²) in [6, 6.07) is 45.7. The molecule has 44 heavy (non-hydrogen) atoms. The summed E-state index contributed by atoms with van der Waals surface area (Å²) in [7, 11) is 0. The monoisotopic (exact) mass is 564 g/mol. The average molecular weight is 565 g/mol. The van der Waals surface area contributed by atoms with Crippen LogP contribution in [0.5, 0.6) is 0 Å². The van der Waals surface area contributed by atoms with Gasteiger partial charge in [0.1, 0.15) is 11.2 Å². The number of rotatable bonds is 4. The summed E-state index contributed by atoms with van der Waals surface area (Å²) in [6.07, 6.45) is 4.09. The second kappa shape index (κ2) is 9.75. The maximum atomic E-state index is 6.24. The molecular weight excluding hydrogens is 540 g/mol. The summed E-state index contributed by atoms with van der Waals surface area (Å²) in [5.41, 5.74) is 10.7. The molecule has 5 nitrogen and oxygen atoms in total. The highest BCUT2D eigenvalue weighted by Crippen LogP contribution is 2.38. The lowest BCUT2D eigenvalue weighted by molar-refractivity contribution is 0.620. The van der Waals surface area contributed by atoms with Crippen molar-refractivity contribution in [3.8, 4) is 45.1 Å². The van der Waals surface area contributed by atoms with Crippen LogP contribution in [-0.4, -0.2) is 19.4 Å². The van der Waals surface area contributed by atoms with Gasteiger partial charge >= 0.3 is 0 Å². The smallest absolute Gasteiger partial charge is 0.227 e. The molecule has 0 radical (unpaired) electrons. The molecule has 0 amide bonds. The van der Waals surface area contributed by atoms with Crippen molar-refractivity contribution in [3.05, 3.63) is 146 Å². The average Bonchev–Trinajstić information content (AvgIpc) is 3.74. The summed E-state index contributed by atoms with van der Waals surface area (Å²) >= 11 is 0. The molecule has 5 heteroatoms. The van der Waals surface area contributed by atoms with Gasteiger partial charge in [-0.15, -0.1) is 0 Å². The summed E-state index contributed by atoms with van der Waals surface area (Å²) < 4.78 is 8.29. The minimum absolute atomic E-state index is 0.616. The maximum absolute atomic E-state index is 6.24. The lowest BCUT2D eigenvalue weighted by Gasteiger charge is -2.11. The number of imidazole rings is 1. The van der Waals surface area contributed by atoms with Crippen LogP contribution < -0.4 is 0 Å². The minimum Gasteiger partial charge on any atom is -0.436 e. The lowest BCUT2D eigenvalue weighted by atomic mass is 9.96. The molecule has 206 valence electrons. The third kappa shape index (κ3) is 3.98. The fraction of sp³-hybridized carbons (Fsp3) is 0. The van der Waals surface area contributed by atoms with Gasteiger partial charge in [0.25, 0.3) is 0 Å². The van der Waals surface area contributed by atoms with Crippen molar-refractivity contribution < 1.29 is 4.42 Å². The first-order valence-corrected chi connectivity index (χ1v) is 14.6. The fourth-order valence-corrected chi connectivity index (χ4v) is 6.10. The molecule has 0 saturated heterocycles. The Bertz CT molecular complexity index is 2460. The van der Waals surface area contributed by atoms with Crippen LogP contribution in [0.25, 0.3) is 83.5 Å². The van der Waals surface area contributed by atoms with E-state index in [1.165, 1.54) is 0 Å². The van der Waals surface area contributed by atoms with Gasteiger partial charge in [0.05, 0.1) is 16.9 Å². The molecule has 0 saturated carbocycles. The van der Waals surface area contributed by atoms with Crippen LogP contribution in [0.4, 0.5) is 0 Å². The predicted octanol–water partition coefficient (Wildman–Crippen LogP) is 9.84. The van der Waals surface area contributed by atoms with Crippen LogP contribution in [0, 0.1) is 0 Å². The maximum Gasteiger partial charge on any atom is 0.227 e. The van der Waals surface area contributed by atoms with Crippen molar-refractivity contribution in [2.45, 2.75) is 0 Å². The Balaban J connectivity index is 1.15. The molecule has 0 atom stereocenters. The number of aromatic nitrogens is 4. The Morgan fingerprint density at radius 3 is 2.18 bits per heavy atom. The predicted molar refractivity (Wildman–Crippen MR) is 177 cm³/mol. The first kappa shape index (κ1) is 24.5. The third-order valence-corrected chi connectivity index (χ3v) is 8.26. The molecule has 9 rings (SSSR count). The third-order valence-electron chi connectivity index (χ3n) is 8.26. The highest BCUT2D eigenvalue weighted by atomic mass is 16.3. The molecule has 0 unspecified atom stereocenters. The van der Waals surface area contributed by atoms with Crippen LogP contribution in [0.3, 0.4) is 0 Å². The van der Waals surface area contributed by atoms with Crippen LogP contribution >= 0.6 is 0 Å². The van der Waals surface area contributed by atoms with E-state index < -0.39 is 0 Å². The zero-order chi connectivity index (χ0) is 29.0. The number of oxazole rings is 1. The van der Waals surface area contributed by atoms with Gasteiger partial charge in [-0.25, -0.2) is 15.0 Å². The molecule has 0 aliphatic carbocycles.